The highest BCUT2D eigenvalue weighted by Gasteiger charge is 2.22. The Morgan fingerprint density at radius 2 is 1.93 bits per heavy atom. The van der Waals surface area contributed by atoms with E-state index >= 15 is 0 Å². The lowest BCUT2D eigenvalue weighted by molar-refractivity contribution is 0.0353. The van der Waals surface area contributed by atoms with Crippen molar-refractivity contribution in [3.8, 4) is 0 Å². The van der Waals surface area contributed by atoms with Gasteiger partial charge in [-0.1, -0.05) is 33.6 Å². The van der Waals surface area contributed by atoms with E-state index in [9.17, 15) is 5.11 Å². The van der Waals surface area contributed by atoms with Crippen LogP contribution in [0.25, 0.3) is 0 Å². The van der Waals surface area contributed by atoms with Crippen molar-refractivity contribution in [2.75, 3.05) is 13.1 Å². The van der Waals surface area contributed by atoms with Crippen molar-refractivity contribution >= 4 is 0 Å². The van der Waals surface area contributed by atoms with Gasteiger partial charge in [0.2, 0.25) is 0 Å². The van der Waals surface area contributed by atoms with Crippen LogP contribution in [0.1, 0.15) is 53.4 Å². The predicted molar refractivity (Wildman–Crippen MR) is 62.5 cm³/mol. The Bertz CT molecular complexity index is 134. The molecule has 0 aromatic heterocycles. The topological polar surface area (TPSA) is 32.3 Å². The molecule has 0 bridgehead atoms. The van der Waals surface area contributed by atoms with Gasteiger partial charge in [0.25, 0.3) is 0 Å². The molecular formula is C12H27NO. The van der Waals surface area contributed by atoms with E-state index in [-0.39, 0.29) is 0 Å². The summed E-state index contributed by atoms with van der Waals surface area (Å²) in [6.07, 6.45) is 4.45. The van der Waals surface area contributed by atoms with E-state index in [1.54, 1.807) is 0 Å². The average Bonchev–Trinajstić information content (AvgIpc) is 2.03. The normalized spacial score (nSPS) is 17.8. The summed E-state index contributed by atoms with van der Waals surface area (Å²) in [5.41, 5.74) is -0.538. The first-order valence-electron chi connectivity index (χ1n) is 5.95. The second-order valence-electron chi connectivity index (χ2n) is 4.77. The molecule has 0 rings (SSSR count). The van der Waals surface area contributed by atoms with E-state index in [4.69, 9.17) is 0 Å². The summed E-state index contributed by atoms with van der Waals surface area (Å²) in [5, 5.41) is 13.3. The lowest BCUT2D eigenvalue weighted by Gasteiger charge is -2.27. The van der Waals surface area contributed by atoms with Crippen LogP contribution in [0.4, 0.5) is 0 Å². The molecular weight excluding hydrogens is 174 g/mol. The Balaban J connectivity index is 3.69. The van der Waals surface area contributed by atoms with E-state index in [0.717, 1.165) is 25.9 Å². The van der Waals surface area contributed by atoms with Crippen LogP contribution in [0.2, 0.25) is 0 Å². The molecule has 14 heavy (non-hydrogen) atoms. The Morgan fingerprint density at radius 1 is 1.29 bits per heavy atom. The molecule has 0 radical (unpaired) electrons. The average molecular weight is 201 g/mol. The third-order valence-corrected chi connectivity index (χ3v) is 2.50. The van der Waals surface area contributed by atoms with Crippen molar-refractivity contribution in [3.63, 3.8) is 0 Å². The smallest absolute Gasteiger partial charge is 0.0746 e. The van der Waals surface area contributed by atoms with Crippen LogP contribution in [-0.2, 0) is 0 Å². The lowest BCUT2D eigenvalue weighted by Crippen LogP contribution is -2.39. The molecule has 0 aliphatic carbocycles. The number of rotatable bonds is 8. The predicted octanol–water partition coefficient (Wildman–Crippen LogP) is 2.56. The Kier molecular flexibility index (Phi) is 7.20. The number of aliphatic hydroxyl groups is 1. The Labute approximate surface area is 89.1 Å². The largest absolute Gasteiger partial charge is 0.389 e. The van der Waals surface area contributed by atoms with Crippen molar-refractivity contribution in [1.82, 2.24) is 5.32 Å². The number of hydrogen-bond donors (Lipinski definition) is 2. The molecule has 0 aliphatic heterocycles. The molecule has 0 aromatic carbocycles. The molecule has 0 amide bonds. The standard InChI is InChI=1S/C12H27NO/c1-5-7-11(3)9-12(4,14)10-13-8-6-2/h11,13-14H,5-10H2,1-4H3. The molecule has 0 saturated carbocycles. The van der Waals surface area contributed by atoms with Crippen LogP contribution in [-0.4, -0.2) is 23.8 Å². The molecule has 0 spiro atoms. The van der Waals surface area contributed by atoms with Crippen molar-refractivity contribution < 1.29 is 5.11 Å². The molecule has 2 nitrogen and oxygen atoms in total. The van der Waals surface area contributed by atoms with Gasteiger partial charge in [-0.25, -0.2) is 0 Å². The Hall–Kier alpha value is -0.0800. The molecule has 0 aromatic rings. The molecule has 2 atom stereocenters. The van der Waals surface area contributed by atoms with Gasteiger partial charge in [-0.2, -0.15) is 0 Å². The minimum atomic E-state index is -0.538. The summed E-state index contributed by atoms with van der Waals surface area (Å²) in [7, 11) is 0. The minimum absolute atomic E-state index is 0.538. The van der Waals surface area contributed by atoms with Crippen molar-refractivity contribution in [3.05, 3.63) is 0 Å². The summed E-state index contributed by atoms with van der Waals surface area (Å²) in [5.74, 6) is 0.624. The van der Waals surface area contributed by atoms with Gasteiger partial charge in [0.15, 0.2) is 0 Å². The SMILES string of the molecule is CCCNCC(C)(O)CC(C)CCC. The van der Waals surface area contributed by atoms with E-state index in [1.165, 1.54) is 12.8 Å². The quantitative estimate of drug-likeness (QED) is 0.592. The summed E-state index contributed by atoms with van der Waals surface area (Å²) in [4.78, 5) is 0. The zero-order valence-corrected chi connectivity index (χ0v) is 10.3. The van der Waals surface area contributed by atoms with E-state index < -0.39 is 5.60 Å². The van der Waals surface area contributed by atoms with Gasteiger partial charge in [-0.3, -0.25) is 0 Å². The van der Waals surface area contributed by atoms with E-state index in [0.29, 0.717) is 5.92 Å². The van der Waals surface area contributed by atoms with Crippen molar-refractivity contribution in [2.24, 2.45) is 5.92 Å². The van der Waals surface area contributed by atoms with Gasteiger partial charge in [-0.15, -0.1) is 0 Å². The molecule has 0 aliphatic rings. The van der Waals surface area contributed by atoms with Gasteiger partial charge in [0.1, 0.15) is 0 Å². The fourth-order valence-electron chi connectivity index (χ4n) is 1.95. The summed E-state index contributed by atoms with van der Waals surface area (Å²) < 4.78 is 0. The lowest BCUT2D eigenvalue weighted by atomic mass is 9.90. The first-order chi connectivity index (χ1) is 6.52. The fraction of sp³-hybridized carbons (Fsp3) is 1.00. The zero-order chi connectivity index (χ0) is 11.0. The van der Waals surface area contributed by atoms with E-state index in [2.05, 4.69) is 26.1 Å². The van der Waals surface area contributed by atoms with Crippen LogP contribution in [0.15, 0.2) is 0 Å². The summed E-state index contributed by atoms with van der Waals surface area (Å²) in [6.45, 7) is 10.2. The van der Waals surface area contributed by atoms with Gasteiger partial charge in [0, 0.05) is 6.54 Å². The summed E-state index contributed by atoms with van der Waals surface area (Å²) in [6, 6.07) is 0. The highest BCUT2D eigenvalue weighted by molar-refractivity contribution is 4.77. The van der Waals surface area contributed by atoms with Crippen LogP contribution in [0.3, 0.4) is 0 Å². The molecule has 0 fully saturated rings. The van der Waals surface area contributed by atoms with Gasteiger partial charge in [-0.05, 0) is 32.2 Å². The van der Waals surface area contributed by atoms with Crippen LogP contribution in [0, 0.1) is 5.92 Å². The molecule has 2 unspecified atom stereocenters. The Morgan fingerprint density at radius 3 is 2.43 bits per heavy atom. The van der Waals surface area contributed by atoms with Crippen LogP contribution in [0.5, 0.6) is 0 Å². The monoisotopic (exact) mass is 201 g/mol. The molecule has 2 heteroatoms. The molecule has 2 N–H and O–H groups in total. The molecule has 0 saturated heterocycles. The van der Waals surface area contributed by atoms with Gasteiger partial charge >= 0.3 is 0 Å². The van der Waals surface area contributed by atoms with E-state index in [1.807, 2.05) is 6.92 Å². The van der Waals surface area contributed by atoms with Crippen molar-refractivity contribution in [2.45, 2.75) is 59.0 Å². The number of hydrogen-bond acceptors (Lipinski definition) is 2. The van der Waals surface area contributed by atoms with Gasteiger partial charge < -0.3 is 10.4 Å². The second kappa shape index (κ2) is 7.24. The minimum Gasteiger partial charge on any atom is -0.389 e. The van der Waals surface area contributed by atoms with Crippen LogP contribution < -0.4 is 5.32 Å². The maximum absolute atomic E-state index is 10.1. The maximum Gasteiger partial charge on any atom is 0.0746 e. The first kappa shape index (κ1) is 13.9. The highest BCUT2D eigenvalue weighted by Crippen LogP contribution is 2.19. The van der Waals surface area contributed by atoms with Crippen LogP contribution >= 0.6 is 0 Å². The van der Waals surface area contributed by atoms with Gasteiger partial charge in [0.05, 0.1) is 5.60 Å². The molecule has 86 valence electrons. The maximum atomic E-state index is 10.1. The summed E-state index contributed by atoms with van der Waals surface area (Å²) >= 11 is 0. The third-order valence-electron chi connectivity index (χ3n) is 2.50. The zero-order valence-electron chi connectivity index (χ0n) is 10.3. The first-order valence-corrected chi connectivity index (χ1v) is 5.95. The third kappa shape index (κ3) is 7.34. The molecule has 0 heterocycles. The second-order valence-corrected chi connectivity index (χ2v) is 4.77. The van der Waals surface area contributed by atoms with Crippen molar-refractivity contribution in [1.29, 1.82) is 0 Å². The number of nitrogens with one attached hydrogen (secondary N) is 1. The highest BCUT2D eigenvalue weighted by atomic mass is 16.3. The fourth-order valence-corrected chi connectivity index (χ4v) is 1.95.